The number of nitrogens with zero attached hydrogens (tertiary/aromatic N) is 1. The Morgan fingerprint density at radius 3 is 2.71 bits per heavy atom. The standard InChI is InChI=1S/C13H20N2O2/c1-10(2)7-9-15-13(3,12(16)17)11-6-4-5-8-14-11/h4-6,8,10,15H,7,9H2,1-3H3,(H,16,17). The zero-order valence-electron chi connectivity index (χ0n) is 10.6. The third-order valence-electron chi connectivity index (χ3n) is 2.81. The van der Waals surface area contributed by atoms with Gasteiger partial charge >= 0.3 is 5.97 Å². The number of rotatable bonds is 6. The van der Waals surface area contributed by atoms with E-state index in [4.69, 9.17) is 0 Å². The number of aliphatic carboxylic acids is 1. The highest BCUT2D eigenvalue weighted by atomic mass is 16.4. The SMILES string of the molecule is CC(C)CCNC(C)(C(=O)O)c1ccccn1. The molecule has 4 nitrogen and oxygen atoms in total. The maximum Gasteiger partial charge on any atom is 0.329 e. The van der Waals surface area contributed by atoms with Crippen LogP contribution in [0.4, 0.5) is 0 Å². The zero-order chi connectivity index (χ0) is 12.9. The number of carboxylic acid groups (broad SMARTS) is 1. The van der Waals surface area contributed by atoms with Crippen LogP contribution in [0.25, 0.3) is 0 Å². The molecule has 1 atom stereocenters. The first-order chi connectivity index (χ1) is 7.97. The van der Waals surface area contributed by atoms with Gasteiger partial charge in [0.15, 0.2) is 5.54 Å². The van der Waals surface area contributed by atoms with Crippen LogP contribution in [0, 0.1) is 5.92 Å². The van der Waals surface area contributed by atoms with Gasteiger partial charge in [-0.15, -0.1) is 0 Å². The van der Waals surface area contributed by atoms with Crippen molar-refractivity contribution in [2.45, 2.75) is 32.7 Å². The Morgan fingerprint density at radius 1 is 1.53 bits per heavy atom. The molecule has 0 fully saturated rings. The van der Waals surface area contributed by atoms with Gasteiger partial charge < -0.3 is 5.11 Å². The van der Waals surface area contributed by atoms with E-state index in [2.05, 4.69) is 24.1 Å². The van der Waals surface area contributed by atoms with Crippen molar-refractivity contribution in [3.8, 4) is 0 Å². The first-order valence-electron chi connectivity index (χ1n) is 5.86. The van der Waals surface area contributed by atoms with Gasteiger partial charge in [0.1, 0.15) is 0 Å². The number of carboxylic acids is 1. The molecule has 1 heterocycles. The van der Waals surface area contributed by atoms with E-state index in [-0.39, 0.29) is 0 Å². The monoisotopic (exact) mass is 236 g/mol. The Balaban J connectivity index is 2.80. The van der Waals surface area contributed by atoms with Gasteiger partial charge in [-0.3, -0.25) is 10.3 Å². The Kier molecular flexibility index (Phi) is 4.63. The summed E-state index contributed by atoms with van der Waals surface area (Å²) >= 11 is 0. The zero-order valence-corrected chi connectivity index (χ0v) is 10.6. The molecule has 1 aromatic rings. The van der Waals surface area contributed by atoms with Crippen molar-refractivity contribution in [2.24, 2.45) is 5.92 Å². The van der Waals surface area contributed by atoms with E-state index in [1.807, 2.05) is 0 Å². The summed E-state index contributed by atoms with van der Waals surface area (Å²) in [5.41, 5.74) is -0.577. The highest BCUT2D eigenvalue weighted by Gasteiger charge is 2.35. The molecule has 4 heteroatoms. The van der Waals surface area contributed by atoms with E-state index < -0.39 is 11.5 Å². The van der Waals surface area contributed by atoms with Crippen LogP contribution < -0.4 is 5.32 Å². The maximum absolute atomic E-state index is 11.4. The van der Waals surface area contributed by atoms with Crippen molar-refractivity contribution >= 4 is 5.97 Å². The molecule has 0 saturated heterocycles. The molecule has 0 spiro atoms. The van der Waals surface area contributed by atoms with Gasteiger partial charge in [-0.05, 0) is 37.9 Å². The summed E-state index contributed by atoms with van der Waals surface area (Å²) in [4.78, 5) is 15.5. The molecular formula is C13H20N2O2. The van der Waals surface area contributed by atoms with Gasteiger partial charge in [0.2, 0.25) is 0 Å². The predicted molar refractivity (Wildman–Crippen MR) is 66.7 cm³/mol. The van der Waals surface area contributed by atoms with Crippen molar-refractivity contribution in [1.82, 2.24) is 10.3 Å². The van der Waals surface area contributed by atoms with Crippen molar-refractivity contribution in [2.75, 3.05) is 6.54 Å². The fraction of sp³-hybridized carbons (Fsp3) is 0.538. The number of hydrogen-bond donors (Lipinski definition) is 2. The minimum atomic E-state index is -1.11. The summed E-state index contributed by atoms with van der Waals surface area (Å²) in [6, 6.07) is 5.31. The minimum Gasteiger partial charge on any atom is -0.480 e. The molecule has 1 unspecified atom stereocenters. The Bertz CT molecular complexity index is 365. The first kappa shape index (κ1) is 13.6. The molecule has 0 amide bonds. The predicted octanol–water partition coefficient (Wildman–Crippen LogP) is 2.02. The van der Waals surface area contributed by atoms with Crippen LogP contribution in [0.5, 0.6) is 0 Å². The lowest BCUT2D eigenvalue weighted by Crippen LogP contribution is -2.47. The van der Waals surface area contributed by atoms with Crippen LogP contribution in [-0.4, -0.2) is 22.6 Å². The second-order valence-corrected chi connectivity index (χ2v) is 4.75. The second-order valence-electron chi connectivity index (χ2n) is 4.75. The maximum atomic E-state index is 11.4. The van der Waals surface area contributed by atoms with Crippen LogP contribution in [0.1, 0.15) is 32.9 Å². The van der Waals surface area contributed by atoms with Gasteiger partial charge in [0.25, 0.3) is 0 Å². The Hall–Kier alpha value is -1.42. The lowest BCUT2D eigenvalue weighted by molar-refractivity contribution is -0.144. The van der Waals surface area contributed by atoms with E-state index in [1.165, 1.54) is 0 Å². The summed E-state index contributed by atoms with van der Waals surface area (Å²) < 4.78 is 0. The molecule has 0 aliphatic rings. The van der Waals surface area contributed by atoms with Gasteiger partial charge in [-0.1, -0.05) is 19.9 Å². The molecular weight excluding hydrogens is 216 g/mol. The largest absolute Gasteiger partial charge is 0.480 e. The minimum absolute atomic E-state index is 0.538. The Labute approximate surface area is 102 Å². The lowest BCUT2D eigenvalue weighted by atomic mass is 9.96. The second kappa shape index (κ2) is 5.77. The van der Waals surface area contributed by atoms with Crippen LogP contribution in [-0.2, 0) is 10.3 Å². The van der Waals surface area contributed by atoms with Crippen LogP contribution >= 0.6 is 0 Å². The van der Waals surface area contributed by atoms with Crippen LogP contribution in [0.2, 0.25) is 0 Å². The van der Waals surface area contributed by atoms with E-state index in [0.29, 0.717) is 18.2 Å². The first-order valence-corrected chi connectivity index (χ1v) is 5.86. The third-order valence-corrected chi connectivity index (χ3v) is 2.81. The molecule has 0 bridgehead atoms. The van der Waals surface area contributed by atoms with Gasteiger partial charge in [-0.25, -0.2) is 4.79 Å². The highest BCUT2D eigenvalue weighted by molar-refractivity contribution is 5.79. The fourth-order valence-corrected chi connectivity index (χ4v) is 1.55. The third kappa shape index (κ3) is 3.53. The molecule has 0 aliphatic carbocycles. The van der Waals surface area contributed by atoms with Crippen molar-refractivity contribution in [1.29, 1.82) is 0 Å². The normalized spacial score (nSPS) is 14.6. The molecule has 2 N–H and O–H groups in total. The van der Waals surface area contributed by atoms with Crippen molar-refractivity contribution < 1.29 is 9.90 Å². The average Bonchev–Trinajstić information content (AvgIpc) is 2.29. The number of aromatic nitrogens is 1. The summed E-state index contributed by atoms with van der Waals surface area (Å²) in [5, 5.41) is 12.4. The summed E-state index contributed by atoms with van der Waals surface area (Å²) in [6.07, 6.45) is 2.55. The number of hydrogen-bond acceptors (Lipinski definition) is 3. The molecule has 1 rings (SSSR count). The van der Waals surface area contributed by atoms with Gasteiger partial charge in [-0.2, -0.15) is 0 Å². The van der Waals surface area contributed by atoms with E-state index in [9.17, 15) is 9.90 Å². The molecule has 0 aliphatic heterocycles. The number of carbonyl (C=O) groups is 1. The van der Waals surface area contributed by atoms with Crippen molar-refractivity contribution in [3.63, 3.8) is 0 Å². The quantitative estimate of drug-likeness (QED) is 0.793. The van der Waals surface area contributed by atoms with E-state index in [0.717, 1.165) is 6.42 Å². The van der Waals surface area contributed by atoms with Gasteiger partial charge in [0.05, 0.1) is 5.69 Å². The molecule has 1 aromatic heterocycles. The van der Waals surface area contributed by atoms with E-state index in [1.54, 1.807) is 31.3 Å². The summed E-state index contributed by atoms with van der Waals surface area (Å²) in [6.45, 7) is 6.54. The topological polar surface area (TPSA) is 62.2 Å². The van der Waals surface area contributed by atoms with Crippen molar-refractivity contribution in [3.05, 3.63) is 30.1 Å². The molecule has 0 aromatic carbocycles. The summed E-state index contributed by atoms with van der Waals surface area (Å²) in [5.74, 6) is -0.357. The number of pyridine rings is 1. The summed E-state index contributed by atoms with van der Waals surface area (Å²) in [7, 11) is 0. The Morgan fingerprint density at radius 2 is 2.24 bits per heavy atom. The molecule has 0 saturated carbocycles. The molecule has 17 heavy (non-hydrogen) atoms. The van der Waals surface area contributed by atoms with Crippen LogP contribution in [0.15, 0.2) is 24.4 Å². The lowest BCUT2D eigenvalue weighted by Gasteiger charge is -2.26. The molecule has 0 radical (unpaired) electrons. The molecule has 94 valence electrons. The fourth-order valence-electron chi connectivity index (χ4n) is 1.55. The van der Waals surface area contributed by atoms with Crippen LogP contribution in [0.3, 0.4) is 0 Å². The van der Waals surface area contributed by atoms with E-state index >= 15 is 0 Å². The highest BCUT2D eigenvalue weighted by Crippen LogP contribution is 2.18. The average molecular weight is 236 g/mol. The number of nitrogens with one attached hydrogen (secondary N) is 1. The smallest absolute Gasteiger partial charge is 0.329 e. The van der Waals surface area contributed by atoms with Gasteiger partial charge in [0, 0.05) is 6.20 Å².